The van der Waals surface area contributed by atoms with E-state index in [2.05, 4.69) is 5.32 Å². The summed E-state index contributed by atoms with van der Waals surface area (Å²) in [5.74, 6) is -1.31. The third kappa shape index (κ3) is 6.47. The minimum Gasteiger partial charge on any atom is -0.312 e. The Bertz CT molecular complexity index is 441. The lowest BCUT2D eigenvalue weighted by Crippen LogP contribution is -2.19. The van der Waals surface area contributed by atoms with Crippen molar-refractivity contribution in [1.29, 1.82) is 0 Å². The van der Waals surface area contributed by atoms with E-state index < -0.39 is 23.1 Å². The zero-order valence-corrected chi connectivity index (χ0v) is 10.7. The molecule has 1 nitrogen and oxygen atoms in total. The number of hydrogen-bond acceptors (Lipinski definition) is 2. The molecule has 1 N–H and O–H groups in total. The fraction of sp³-hybridized carbons (Fsp3) is 0.455. The zero-order valence-electron chi connectivity index (χ0n) is 9.91. The molecule has 1 rings (SSSR count). The normalized spacial score (nSPS) is 12.8. The van der Waals surface area contributed by atoms with Crippen LogP contribution in [-0.2, 0) is 12.7 Å². The second-order valence-electron chi connectivity index (χ2n) is 3.82. The second kappa shape index (κ2) is 6.66. The molecule has 0 heterocycles. The van der Waals surface area contributed by atoms with Gasteiger partial charge in [-0.25, -0.2) is 4.39 Å². The number of halogens is 7. The van der Waals surface area contributed by atoms with Crippen LogP contribution in [-0.4, -0.2) is 17.8 Å². The van der Waals surface area contributed by atoms with Crippen molar-refractivity contribution >= 4 is 11.8 Å². The van der Waals surface area contributed by atoms with Crippen molar-refractivity contribution < 1.29 is 30.7 Å². The lowest BCUT2D eigenvalue weighted by molar-refractivity contribution is -0.137. The number of alkyl halides is 6. The van der Waals surface area contributed by atoms with Crippen molar-refractivity contribution in [3.05, 3.63) is 35.1 Å². The van der Waals surface area contributed by atoms with Gasteiger partial charge in [-0.2, -0.15) is 26.3 Å². The van der Waals surface area contributed by atoms with Gasteiger partial charge in [-0.3, -0.25) is 0 Å². The van der Waals surface area contributed by atoms with Crippen molar-refractivity contribution in [3.8, 4) is 0 Å². The third-order valence-electron chi connectivity index (χ3n) is 2.16. The Kier molecular flexibility index (Phi) is 5.69. The first kappa shape index (κ1) is 17.1. The van der Waals surface area contributed by atoms with Crippen LogP contribution in [0.15, 0.2) is 18.2 Å². The lowest BCUT2D eigenvalue weighted by Gasteiger charge is -2.10. The average molecular weight is 321 g/mol. The number of rotatable bonds is 5. The van der Waals surface area contributed by atoms with Crippen LogP contribution in [0, 0.1) is 5.82 Å². The predicted octanol–water partition coefficient (Wildman–Crippen LogP) is 4.19. The van der Waals surface area contributed by atoms with Crippen LogP contribution in [0.2, 0.25) is 0 Å². The SMILES string of the molecule is Fc1cc(CNCCSC(F)(F)F)cc(C(F)(F)F)c1. The first-order valence-corrected chi connectivity index (χ1v) is 6.34. The molecule has 0 atom stereocenters. The Morgan fingerprint density at radius 3 is 2.20 bits per heavy atom. The van der Waals surface area contributed by atoms with Crippen molar-refractivity contribution in [2.24, 2.45) is 0 Å². The Hall–Kier alpha value is -0.960. The van der Waals surface area contributed by atoms with Crippen molar-refractivity contribution in [2.45, 2.75) is 18.2 Å². The van der Waals surface area contributed by atoms with E-state index in [0.717, 1.165) is 12.1 Å². The van der Waals surface area contributed by atoms with Gasteiger partial charge in [-0.15, -0.1) is 0 Å². The van der Waals surface area contributed by atoms with E-state index in [1.807, 2.05) is 0 Å². The van der Waals surface area contributed by atoms with Gasteiger partial charge in [0.05, 0.1) is 5.56 Å². The second-order valence-corrected chi connectivity index (χ2v) is 4.98. The van der Waals surface area contributed by atoms with Gasteiger partial charge in [0.25, 0.3) is 0 Å². The van der Waals surface area contributed by atoms with E-state index in [1.165, 1.54) is 0 Å². The number of benzene rings is 1. The molecular formula is C11H10F7NS. The Morgan fingerprint density at radius 2 is 1.65 bits per heavy atom. The quantitative estimate of drug-likeness (QED) is 0.645. The zero-order chi connectivity index (χ0) is 15.4. The van der Waals surface area contributed by atoms with E-state index in [-0.39, 0.29) is 36.2 Å². The summed E-state index contributed by atoms with van der Waals surface area (Å²) in [5.41, 5.74) is -5.45. The van der Waals surface area contributed by atoms with Gasteiger partial charge in [-0.1, -0.05) is 0 Å². The average Bonchev–Trinajstić information content (AvgIpc) is 2.25. The van der Waals surface area contributed by atoms with Gasteiger partial charge in [0, 0.05) is 18.8 Å². The molecule has 0 aromatic heterocycles. The summed E-state index contributed by atoms with van der Waals surface area (Å²) in [6.45, 7) is -0.193. The topological polar surface area (TPSA) is 12.0 Å². The number of thioether (sulfide) groups is 1. The molecule has 1 aromatic carbocycles. The monoisotopic (exact) mass is 321 g/mol. The molecule has 0 aliphatic heterocycles. The maximum atomic E-state index is 13.0. The smallest absolute Gasteiger partial charge is 0.312 e. The van der Waals surface area contributed by atoms with Crippen LogP contribution in [0.1, 0.15) is 11.1 Å². The first-order valence-electron chi connectivity index (χ1n) is 5.36. The van der Waals surface area contributed by atoms with Crippen LogP contribution >= 0.6 is 11.8 Å². The van der Waals surface area contributed by atoms with Crippen molar-refractivity contribution in [2.75, 3.05) is 12.3 Å². The van der Waals surface area contributed by atoms with E-state index in [4.69, 9.17) is 0 Å². The molecule has 0 fully saturated rings. The molecule has 0 unspecified atom stereocenters. The molecule has 114 valence electrons. The summed E-state index contributed by atoms with van der Waals surface area (Å²) in [4.78, 5) is 0. The van der Waals surface area contributed by atoms with Gasteiger partial charge < -0.3 is 5.32 Å². The molecule has 0 bridgehead atoms. The van der Waals surface area contributed by atoms with Crippen molar-refractivity contribution in [1.82, 2.24) is 5.32 Å². The first-order chi connectivity index (χ1) is 9.08. The van der Waals surface area contributed by atoms with E-state index in [9.17, 15) is 30.7 Å². The van der Waals surface area contributed by atoms with Gasteiger partial charge in [0.2, 0.25) is 0 Å². The summed E-state index contributed by atoms with van der Waals surface area (Å²) >= 11 is -0.237. The Balaban J connectivity index is 2.50. The maximum Gasteiger partial charge on any atom is 0.441 e. The molecule has 20 heavy (non-hydrogen) atoms. The summed E-state index contributed by atoms with van der Waals surface area (Å²) in [6.07, 6.45) is -4.66. The standard InChI is InChI=1S/C11H10F7NS/c12-9-4-7(3-8(5-9)10(13,14)15)6-19-1-2-20-11(16,17)18/h3-5,19H,1-2,6H2. The molecule has 0 saturated heterocycles. The van der Waals surface area contributed by atoms with Crippen LogP contribution in [0.5, 0.6) is 0 Å². The highest BCUT2D eigenvalue weighted by molar-refractivity contribution is 8.00. The van der Waals surface area contributed by atoms with Gasteiger partial charge >= 0.3 is 11.7 Å². The van der Waals surface area contributed by atoms with E-state index in [0.29, 0.717) is 6.07 Å². The highest BCUT2D eigenvalue weighted by atomic mass is 32.2. The predicted molar refractivity (Wildman–Crippen MR) is 61.6 cm³/mol. The highest BCUT2D eigenvalue weighted by Crippen LogP contribution is 2.31. The van der Waals surface area contributed by atoms with Crippen molar-refractivity contribution in [3.63, 3.8) is 0 Å². The molecule has 0 spiro atoms. The molecule has 0 aliphatic carbocycles. The molecule has 0 aliphatic rings. The third-order valence-corrected chi connectivity index (χ3v) is 2.89. The summed E-state index contributed by atoms with van der Waals surface area (Å²) in [6, 6.07) is 2.02. The largest absolute Gasteiger partial charge is 0.441 e. The minimum atomic E-state index is -4.66. The van der Waals surface area contributed by atoms with Gasteiger partial charge in [0.1, 0.15) is 5.82 Å². The van der Waals surface area contributed by atoms with Crippen LogP contribution < -0.4 is 5.32 Å². The number of nitrogens with one attached hydrogen (secondary N) is 1. The fourth-order valence-electron chi connectivity index (χ4n) is 1.39. The highest BCUT2D eigenvalue weighted by Gasteiger charge is 2.31. The molecule has 0 saturated carbocycles. The Labute approximate surface area is 114 Å². The molecular weight excluding hydrogens is 311 g/mol. The Morgan fingerprint density at radius 1 is 1.00 bits per heavy atom. The molecule has 0 radical (unpaired) electrons. The fourth-order valence-corrected chi connectivity index (χ4v) is 1.87. The maximum absolute atomic E-state index is 13.0. The van der Waals surface area contributed by atoms with Crippen LogP contribution in [0.25, 0.3) is 0 Å². The van der Waals surface area contributed by atoms with Crippen LogP contribution in [0.3, 0.4) is 0 Å². The summed E-state index contributed by atoms with van der Waals surface area (Å²) < 4.78 is 85.6. The summed E-state index contributed by atoms with van der Waals surface area (Å²) in [7, 11) is 0. The van der Waals surface area contributed by atoms with Gasteiger partial charge in [0.15, 0.2) is 0 Å². The van der Waals surface area contributed by atoms with E-state index in [1.54, 1.807) is 0 Å². The molecule has 0 amide bonds. The van der Waals surface area contributed by atoms with E-state index >= 15 is 0 Å². The lowest BCUT2D eigenvalue weighted by atomic mass is 10.1. The summed E-state index contributed by atoms with van der Waals surface area (Å²) in [5, 5.41) is 2.53. The van der Waals surface area contributed by atoms with Crippen LogP contribution in [0.4, 0.5) is 30.7 Å². The minimum absolute atomic E-state index is 0.0225. The number of hydrogen-bond donors (Lipinski definition) is 1. The molecule has 1 aromatic rings. The van der Waals surface area contributed by atoms with Gasteiger partial charge in [-0.05, 0) is 35.5 Å². The molecule has 9 heteroatoms.